The molecule has 182 valence electrons. The lowest BCUT2D eigenvalue weighted by atomic mass is 10.1. The first-order chi connectivity index (χ1) is 16.6. The SMILES string of the molecule is COc1ccccc1C(=O)N1CCN(c2ccc([N+](=O)[O-])c(NCCN3CCOCC3)n2)CC1. The van der Waals surface area contributed by atoms with E-state index >= 15 is 0 Å². The Morgan fingerprint density at radius 2 is 1.85 bits per heavy atom. The second-order valence-corrected chi connectivity index (χ2v) is 8.15. The van der Waals surface area contributed by atoms with E-state index in [9.17, 15) is 14.9 Å². The van der Waals surface area contributed by atoms with Crippen molar-refractivity contribution in [3.8, 4) is 5.75 Å². The molecule has 1 aromatic heterocycles. The third kappa shape index (κ3) is 5.54. The fourth-order valence-corrected chi connectivity index (χ4v) is 4.18. The maximum atomic E-state index is 13.0. The predicted molar refractivity (Wildman–Crippen MR) is 128 cm³/mol. The average Bonchev–Trinajstić information content (AvgIpc) is 2.89. The maximum Gasteiger partial charge on any atom is 0.311 e. The number of aromatic nitrogens is 1. The van der Waals surface area contributed by atoms with Gasteiger partial charge in [0.25, 0.3) is 5.91 Å². The number of para-hydroxylation sites is 1. The van der Waals surface area contributed by atoms with Gasteiger partial charge in [0.15, 0.2) is 0 Å². The molecule has 1 N–H and O–H groups in total. The Morgan fingerprint density at radius 3 is 2.56 bits per heavy atom. The van der Waals surface area contributed by atoms with E-state index in [0.717, 1.165) is 19.6 Å². The van der Waals surface area contributed by atoms with Crippen molar-refractivity contribution in [1.29, 1.82) is 0 Å². The van der Waals surface area contributed by atoms with Crippen LogP contribution in [0.5, 0.6) is 5.75 Å². The maximum absolute atomic E-state index is 13.0. The molecule has 0 atom stereocenters. The molecule has 0 saturated carbocycles. The molecule has 2 aliphatic rings. The number of nitro groups is 1. The first-order valence-corrected chi connectivity index (χ1v) is 11.4. The molecule has 0 unspecified atom stereocenters. The van der Waals surface area contributed by atoms with Gasteiger partial charge in [-0.15, -0.1) is 0 Å². The van der Waals surface area contributed by atoms with E-state index in [-0.39, 0.29) is 17.4 Å². The summed E-state index contributed by atoms with van der Waals surface area (Å²) < 4.78 is 10.7. The number of methoxy groups -OCH3 is 1. The minimum Gasteiger partial charge on any atom is -0.496 e. The zero-order valence-corrected chi connectivity index (χ0v) is 19.3. The van der Waals surface area contributed by atoms with Crippen molar-refractivity contribution in [2.24, 2.45) is 0 Å². The van der Waals surface area contributed by atoms with Gasteiger partial charge >= 0.3 is 5.69 Å². The number of anilines is 2. The number of carbonyl (C=O) groups is 1. The minimum absolute atomic E-state index is 0.0456. The molecule has 2 fully saturated rings. The number of hydrogen-bond donors (Lipinski definition) is 1. The molecule has 2 saturated heterocycles. The van der Waals surface area contributed by atoms with Crippen LogP contribution in [0.25, 0.3) is 0 Å². The molecule has 4 rings (SSSR count). The standard InChI is InChI=1S/C23H30N6O5/c1-33-20-5-3-2-4-18(20)23(30)28-12-10-27(11-13-28)21-7-6-19(29(31)32)22(25-21)24-8-9-26-14-16-34-17-15-26/h2-7H,8-17H2,1H3,(H,24,25). The summed E-state index contributed by atoms with van der Waals surface area (Å²) in [7, 11) is 1.55. The number of nitrogens with zero attached hydrogens (tertiary/aromatic N) is 5. The topological polar surface area (TPSA) is 113 Å². The number of amides is 1. The Labute approximate surface area is 198 Å². The summed E-state index contributed by atoms with van der Waals surface area (Å²) in [5, 5.41) is 14.7. The highest BCUT2D eigenvalue weighted by Gasteiger charge is 2.26. The Morgan fingerprint density at radius 1 is 1.12 bits per heavy atom. The Hall–Kier alpha value is -3.44. The number of hydrogen-bond acceptors (Lipinski definition) is 9. The smallest absolute Gasteiger partial charge is 0.311 e. The van der Waals surface area contributed by atoms with Crippen LogP contribution in [0.3, 0.4) is 0 Å². The van der Waals surface area contributed by atoms with Gasteiger partial charge < -0.3 is 24.6 Å². The fraction of sp³-hybridized carbons (Fsp3) is 0.478. The normalized spacial score (nSPS) is 16.9. The number of piperazine rings is 1. The zero-order valence-electron chi connectivity index (χ0n) is 19.3. The van der Waals surface area contributed by atoms with E-state index in [0.29, 0.717) is 63.1 Å². The van der Waals surface area contributed by atoms with Crippen LogP contribution in [-0.2, 0) is 4.74 Å². The quantitative estimate of drug-likeness (QED) is 0.455. The summed E-state index contributed by atoms with van der Waals surface area (Å²) in [6, 6.07) is 10.4. The van der Waals surface area contributed by atoms with Crippen LogP contribution < -0.4 is 15.0 Å². The van der Waals surface area contributed by atoms with E-state index in [1.54, 1.807) is 30.2 Å². The van der Waals surface area contributed by atoms with E-state index < -0.39 is 4.92 Å². The van der Waals surface area contributed by atoms with Crippen LogP contribution in [0.1, 0.15) is 10.4 Å². The van der Waals surface area contributed by atoms with Crippen LogP contribution >= 0.6 is 0 Å². The highest BCUT2D eigenvalue weighted by atomic mass is 16.6. The third-order valence-electron chi connectivity index (χ3n) is 6.11. The Kier molecular flexibility index (Phi) is 7.76. The van der Waals surface area contributed by atoms with Gasteiger partial charge in [-0.2, -0.15) is 0 Å². The Bertz CT molecular complexity index is 1010. The number of pyridine rings is 1. The van der Waals surface area contributed by atoms with Gasteiger partial charge in [0.2, 0.25) is 5.82 Å². The first-order valence-electron chi connectivity index (χ1n) is 11.4. The molecule has 11 nitrogen and oxygen atoms in total. The number of ether oxygens (including phenoxy) is 2. The van der Waals surface area contributed by atoms with Crippen molar-refractivity contribution in [3.63, 3.8) is 0 Å². The van der Waals surface area contributed by atoms with Crippen molar-refractivity contribution in [3.05, 3.63) is 52.1 Å². The second-order valence-electron chi connectivity index (χ2n) is 8.15. The minimum atomic E-state index is -0.419. The lowest BCUT2D eigenvalue weighted by molar-refractivity contribution is -0.384. The van der Waals surface area contributed by atoms with Crippen LogP contribution in [0.2, 0.25) is 0 Å². The highest BCUT2D eigenvalue weighted by Crippen LogP contribution is 2.27. The van der Waals surface area contributed by atoms with Gasteiger partial charge in [0.05, 0.1) is 30.8 Å². The lowest BCUT2D eigenvalue weighted by Gasteiger charge is -2.35. The van der Waals surface area contributed by atoms with Crippen molar-refractivity contribution in [2.45, 2.75) is 0 Å². The first kappa shape index (κ1) is 23.7. The molecule has 34 heavy (non-hydrogen) atoms. The molecular weight excluding hydrogens is 440 g/mol. The summed E-state index contributed by atoms with van der Waals surface area (Å²) >= 11 is 0. The second kappa shape index (κ2) is 11.1. The van der Waals surface area contributed by atoms with E-state index in [1.807, 2.05) is 17.0 Å². The van der Waals surface area contributed by atoms with Gasteiger partial charge in [-0.25, -0.2) is 4.98 Å². The summed E-state index contributed by atoms with van der Waals surface area (Å²) in [6.07, 6.45) is 0. The molecule has 3 heterocycles. The van der Waals surface area contributed by atoms with Gasteiger partial charge in [-0.3, -0.25) is 19.8 Å². The van der Waals surface area contributed by atoms with Crippen molar-refractivity contribution < 1.29 is 19.2 Å². The number of nitrogens with one attached hydrogen (secondary N) is 1. The number of morpholine rings is 1. The van der Waals surface area contributed by atoms with Gasteiger partial charge in [-0.05, 0) is 18.2 Å². The van der Waals surface area contributed by atoms with E-state index in [4.69, 9.17) is 9.47 Å². The predicted octanol–water partition coefficient (Wildman–Crippen LogP) is 1.70. The van der Waals surface area contributed by atoms with Gasteiger partial charge in [0, 0.05) is 58.4 Å². The van der Waals surface area contributed by atoms with Crippen LogP contribution in [-0.4, -0.2) is 98.3 Å². The molecular formula is C23H30N6O5. The van der Waals surface area contributed by atoms with Gasteiger partial charge in [-0.1, -0.05) is 12.1 Å². The Balaban J connectivity index is 1.38. The summed E-state index contributed by atoms with van der Waals surface area (Å²) in [5.41, 5.74) is 0.495. The molecule has 0 spiro atoms. The molecule has 11 heteroatoms. The molecule has 1 amide bonds. The van der Waals surface area contributed by atoms with Crippen molar-refractivity contribution in [1.82, 2.24) is 14.8 Å². The molecule has 0 aliphatic carbocycles. The highest BCUT2D eigenvalue weighted by molar-refractivity contribution is 5.97. The zero-order chi connectivity index (χ0) is 23.9. The van der Waals surface area contributed by atoms with Crippen LogP contribution in [0, 0.1) is 10.1 Å². The van der Waals surface area contributed by atoms with E-state index in [1.165, 1.54) is 6.07 Å². The van der Waals surface area contributed by atoms with Crippen molar-refractivity contribution in [2.75, 3.05) is 82.9 Å². The van der Waals surface area contributed by atoms with Gasteiger partial charge in [0.1, 0.15) is 11.6 Å². The summed E-state index contributed by atoms with van der Waals surface area (Å²) in [5.74, 6) is 1.41. The monoisotopic (exact) mass is 470 g/mol. The lowest BCUT2D eigenvalue weighted by Crippen LogP contribution is -2.49. The molecule has 2 aromatic rings. The average molecular weight is 471 g/mol. The van der Waals surface area contributed by atoms with Crippen LogP contribution in [0.15, 0.2) is 36.4 Å². The molecule has 0 radical (unpaired) electrons. The number of carbonyl (C=O) groups excluding carboxylic acids is 1. The number of rotatable bonds is 8. The van der Waals surface area contributed by atoms with E-state index in [2.05, 4.69) is 15.2 Å². The van der Waals surface area contributed by atoms with Crippen LogP contribution in [0.4, 0.5) is 17.3 Å². The fourth-order valence-electron chi connectivity index (χ4n) is 4.18. The third-order valence-corrected chi connectivity index (χ3v) is 6.11. The summed E-state index contributed by atoms with van der Waals surface area (Å²) in [6.45, 7) is 6.65. The van der Waals surface area contributed by atoms with Crippen molar-refractivity contribution >= 4 is 23.2 Å². The molecule has 2 aliphatic heterocycles. The number of benzene rings is 1. The summed E-state index contributed by atoms with van der Waals surface area (Å²) in [4.78, 5) is 34.7. The molecule has 1 aromatic carbocycles. The molecule has 0 bridgehead atoms. The largest absolute Gasteiger partial charge is 0.496 e.